The molecule has 0 fully saturated rings. The monoisotopic (exact) mass is 404 g/mol. The zero-order valence-corrected chi connectivity index (χ0v) is 17.1. The maximum atomic E-state index is 11.9. The van der Waals surface area contributed by atoms with Crippen LogP contribution in [-0.4, -0.2) is 24.5 Å². The number of thioether (sulfide) groups is 1. The van der Waals surface area contributed by atoms with Gasteiger partial charge in [-0.1, -0.05) is 43.5 Å². The maximum absolute atomic E-state index is 11.9. The van der Waals surface area contributed by atoms with Crippen molar-refractivity contribution in [3.8, 4) is 5.75 Å². The smallest absolute Gasteiger partial charge is 0.240 e. The average molecular weight is 405 g/mol. The van der Waals surface area contributed by atoms with Gasteiger partial charge in [-0.15, -0.1) is 11.8 Å². The molecule has 0 saturated carbocycles. The van der Waals surface area contributed by atoms with Crippen LogP contribution in [0.1, 0.15) is 38.2 Å². The van der Waals surface area contributed by atoms with Crippen molar-refractivity contribution in [2.75, 3.05) is 12.4 Å². The van der Waals surface area contributed by atoms with E-state index in [1.807, 2.05) is 48.5 Å². The van der Waals surface area contributed by atoms with Crippen molar-refractivity contribution < 1.29 is 9.53 Å². The van der Waals surface area contributed by atoms with Gasteiger partial charge in [0.1, 0.15) is 5.75 Å². The van der Waals surface area contributed by atoms with Gasteiger partial charge < -0.3 is 4.74 Å². The number of benzene rings is 2. The highest BCUT2D eigenvalue weighted by atomic mass is 35.5. The molecule has 0 aliphatic carbocycles. The maximum Gasteiger partial charge on any atom is 0.240 e. The van der Waals surface area contributed by atoms with Crippen LogP contribution in [0.5, 0.6) is 5.75 Å². The van der Waals surface area contributed by atoms with Gasteiger partial charge in [0.15, 0.2) is 0 Å². The van der Waals surface area contributed by atoms with Crippen molar-refractivity contribution in [3.63, 3.8) is 0 Å². The van der Waals surface area contributed by atoms with E-state index in [9.17, 15) is 4.79 Å². The Morgan fingerprint density at radius 2 is 1.96 bits per heavy atom. The summed E-state index contributed by atoms with van der Waals surface area (Å²) in [6, 6.07) is 15.3. The number of hydrogen-bond donors (Lipinski definition) is 1. The van der Waals surface area contributed by atoms with Crippen LogP contribution in [0, 0.1) is 0 Å². The van der Waals surface area contributed by atoms with Crippen molar-refractivity contribution in [2.45, 2.75) is 37.5 Å². The number of hydrogen-bond acceptors (Lipinski definition) is 4. The molecule has 0 aromatic heterocycles. The highest BCUT2D eigenvalue weighted by molar-refractivity contribution is 7.99. The number of halogens is 1. The summed E-state index contributed by atoms with van der Waals surface area (Å²) < 4.78 is 5.80. The number of amides is 1. The first kappa shape index (κ1) is 21.3. The molecule has 2 aromatic rings. The molecule has 1 N–H and O–H groups in total. The summed E-state index contributed by atoms with van der Waals surface area (Å²) in [6.45, 7) is 2.85. The second kappa shape index (κ2) is 12.4. The van der Waals surface area contributed by atoms with Crippen LogP contribution >= 0.6 is 23.4 Å². The van der Waals surface area contributed by atoms with Gasteiger partial charge in [-0.05, 0) is 42.8 Å². The Balaban J connectivity index is 1.74. The molecule has 0 atom stereocenters. The standard InChI is InChI=1S/C21H25ClN2O2S/c1-2-3-6-14-26-20-8-5-4-7-17(20)16-23-24-21(25)13-15-27-19-11-9-18(22)10-12-19/h4-5,7-12,16H,2-3,6,13-15H2,1H3,(H,24,25)/b23-16+. The van der Waals surface area contributed by atoms with Crippen LogP contribution < -0.4 is 10.2 Å². The van der Waals surface area contributed by atoms with E-state index in [-0.39, 0.29) is 5.91 Å². The van der Waals surface area contributed by atoms with Crippen LogP contribution in [0.25, 0.3) is 0 Å². The Morgan fingerprint density at radius 3 is 2.74 bits per heavy atom. The topological polar surface area (TPSA) is 50.7 Å². The van der Waals surface area contributed by atoms with E-state index in [2.05, 4.69) is 17.5 Å². The fraction of sp³-hybridized carbons (Fsp3) is 0.333. The average Bonchev–Trinajstić information content (AvgIpc) is 2.68. The summed E-state index contributed by atoms with van der Waals surface area (Å²) >= 11 is 7.47. The minimum absolute atomic E-state index is 0.117. The zero-order chi connectivity index (χ0) is 19.3. The first-order valence-electron chi connectivity index (χ1n) is 9.11. The molecule has 27 heavy (non-hydrogen) atoms. The van der Waals surface area contributed by atoms with E-state index < -0.39 is 0 Å². The lowest BCUT2D eigenvalue weighted by molar-refractivity contribution is -0.120. The summed E-state index contributed by atoms with van der Waals surface area (Å²) in [5, 5.41) is 4.76. The first-order valence-corrected chi connectivity index (χ1v) is 10.5. The Hall–Kier alpha value is -1.98. The second-order valence-corrected chi connectivity index (χ2v) is 7.54. The van der Waals surface area contributed by atoms with E-state index in [0.717, 1.165) is 35.5 Å². The number of carbonyl (C=O) groups is 1. The second-order valence-electron chi connectivity index (χ2n) is 5.94. The molecule has 0 aliphatic rings. The van der Waals surface area contributed by atoms with Crippen molar-refractivity contribution in [1.29, 1.82) is 0 Å². The minimum atomic E-state index is -0.117. The van der Waals surface area contributed by atoms with Gasteiger partial charge in [0.25, 0.3) is 0 Å². The van der Waals surface area contributed by atoms with Crippen LogP contribution in [0.2, 0.25) is 5.02 Å². The van der Waals surface area contributed by atoms with E-state index in [1.54, 1.807) is 18.0 Å². The molecule has 2 aromatic carbocycles. The summed E-state index contributed by atoms with van der Waals surface area (Å²) in [5.74, 6) is 1.35. The molecule has 0 spiro atoms. The first-order chi connectivity index (χ1) is 13.2. The van der Waals surface area contributed by atoms with E-state index in [4.69, 9.17) is 16.3 Å². The van der Waals surface area contributed by atoms with Gasteiger partial charge in [-0.3, -0.25) is 4.79 Å². The molecule has 0 radical (unpaired) electrons. The van der Waals surface area contributed by atoms with Crippen molar-refractivity contribution >= 4 is 35.5 Å². The fourth-order valence-electron chi connectivity index (χ4n) is 2.27. The number of rotatable bonds is 11. The normalized spacial score (nSPS) is 10.9. The lowest BCUT2D eigenvalue weighted by Gasteiger charge is -2.08. The number of nitrogens with zero attached hydrogens (tertiary/aromatic N) is 1. The molecular weight excluding hydrogens is 380 g/mol. The molecule has 0 saturated heterocycles. The minimum Gasteiger partial charge on any atom is -0.493 e. The lowest BCUT2D eigenvalue weighted by Crippen LogP contribution is -2.17. The van der Waals surface area contributed by atoms with Gasteiger partial charge in [0, 0.05) is 27.7 Å². The molecule has 0 bridgehead atoms. The Bertz CT molecular complexity index is 735. The summed E-state index contributed by atoms with van der Waals surface area (Å²) in [6.07, 6.45) is 5.36. The number of carbonyl (C=O) groups excluding carboxylic acids is 1. The summed E-state index contributed by atoms with van der Waals surface area (Å²) in [5.41, 5.74) is 3.42. The fourth-order valence-corrected chi connectivity index (χ4v) is 3.25. The Morgan fingerprint density at radius 1 is 1.19 bits per heavy atom. The quantitative estimate of drug-likeness (QED) is 0.231. The molecule has 0 unspecified atom stereocenters. The van der Waals surface area contributed by atoms with Crippen LogP contribution in [-0.2, 0) is 4.79 Å². The Labute approximate surface area is 170 Å². The number of nitrogens with one attached hydrogen (secondary N) is 1. The van der Waals surface area contributed by atoms with Crippen molar-refractivity contribution in [1.82, 2.24) is 5.43 Å². The SMILES string of the molecule is CCCCCOc1ccccc1/C=N/NC(=O)CCSc1ccc(Cl)cc1. The lowest BCUT2D eigenvalue weighted by atomic mass is 10.2. The Kier molecular flexibility index (Phi) is 9.80. The number of para-hydroxylation sites is 1. The zero-order valence-electron chi connectivity index (χ0n) is 15.5. The molecule has 2 rings (SSSR count). The van der Waals surface area contributed by atoms with E-state index >= 15 is 0 Å². The third-order valence-corrected chi connectivity index (χ3v) is 4.99. The van der Waals surface area contributed by atoms with Crippen LogP contribution in [0.15, 0.2) is 58.5 Å². The third kappa shape index (κ3) is 8.50. The third-order valence-electron chi connectivity index (χ3n) is 3.73. The molecule has 4 nitrogen and oxygen atoms in total. The van der Waals surface area contributed by atoms with Crippen LogP contribution in [0.4, 0.5) is 0 Å². The molecular formula is C21H25ClN2O2S. The molecule has 0 aliphatic heterocycles. The van der Waals surface area contributed by atoms with Gasteiger partial charge >= 0.3 is 0 Å². The predicted molar refractivity (Wildman–Crippen MR) is 114 cm³/mol. The van der Waals surface area contributed by atoms with E-state index in [1.165, 1.54) is 0 Å². The van der Waals surface area contributed by atoms with Gasteiger partial charge in [0.2, 0.25) is 5.91 Å². The van der Waals surface area contributed by atoms with Crippen molar-refractivity contribution in [3.05, 3.63) is 59.1 Å². The largest absolute Gasteiger partial charge is 0.493 e. The van der Waals surface area contributed by atoms with E-state index in [0.29, 0.717) is 23.8 Å². The summed E-state index contributed by atoms with van der Waals surface area (Å²) in [7, 11) is 0. The van der Waals surface area contributed by atoms with Crippen molar-refractivity contribution in [2.24, 2.45) is 5.10 Å². The molecule has 1 amide bonds. The molecule has 144 valence electrons. The van der Waals surface area contributed by atoms with Crippen LogP contribution in [0.3, 0.4) is 0 Å². The number of hydrazone groups is 1. The van der Waals surface area contributed by atoms with Gasteiger partial charge in [0.05, 0.1) is 12.8 Å². The predicted octanol–water partition coefficient (Wildman–Crippen LogP) is 5.54. The van der Waals surface area contributed by atoms with Gasteiger partial charge in [-0.2, -0.15) is 5.10 Å². The highest BCUT2D eigenvalue weighted by Gasteiger charge is 2.03. The summed E-state index contributed by atoms with van der Waals surface area (Å²) in [4.78, 5) is 13.0. The highest BCUT2D eigenvalue weighted by Crippen LogP contribution is 2.21. The van der Waals surface area contributed by atoms with Gasteiger partial charge in [-0.25, -0.2) is 5.43 Å². The molecule has 0 heterocycles. The number of unbranched alkanes of at least 4 members (excludes halogenated alkanes) is 2. The number of ether oxygens (including phenoxy) is 1. The molecule has 6 heteroatoms.